The van der Waals surface area contributed by atoms with Gasteiger partial charge in [-0.3, -0.25) is 9.69 Å². The Kier molecular flexibility index (Phi) is 5.57. The van der Waals surface area contributed by atoms with Crippen LogP contribution in [-0.2, 0) is 4.79 Å². The van der Waals surface area contributed by atoms with E-state index in [0.717, 1.165) is 50.4 Å². The fourth-order valence-electron chi connectivity index (χ4n) is 3.91. The van der Waals surface area contributed by atoms with Crippen LogP contribution in [0.4, 0.5) is 14.5 Å². The van der Waals surface area contributed by atoms with Gasteiger partial charge in [0.25, 0.3) is 0 Å². The summed E-state index contributed by atoms with van der Waals surface area (Å²) in [5.74, 6) is -0.125. The molecule has 0 spiro atoms. The maximum atomic E-state index is 13.0. The molecule has 0 unspecified atom stereocenters. The van der Waals surface area contributed by atoms with Crippen molar-refractivity contribution in [3.63, 3.8) is 0 Å². The van der Waals surface area contributed by atoms with Gasteiger partial charge in [0.1, 0.15) is 11.6 Å². The monoisotopic (exact) mass is 385 g/mol. The molecule has 2 aromatic rings. The first-order valence-electron chi connectivity index (χ1n) is 9.86. The highest BCUT2D eigenvalue weighted by Gasteiger charge is 2.43. The van der Waals surface area contributed by atoms with E-state index in [1.807, 2.05) is 12.1 Å². The smallest absolute Gasteiger partial charge is 0.223 e. The van der Waals surface area contributed by atoms with Gasteiger partial charge in [-0.25, -0.2) is 8.78 Å². The first-order chi connectivity index (χ1) is 13.6. The van der Waals surface area contributed by atoms with Crippen molar-refractivity contribution in [1.82, 2.24) is 10.2 Å². The zero-order valence-electron chi connectivity index (χ0n) is 15.8. The van der Waals surface area contributed by atoms with Crippen molar-refractivity contribution in [2.24, 2.45) is 5.92 Å². The van der Waals surface area contributed by atoms with Gasteiger partial charge in [0.2, 0.25) is 5.91 Å². The predicted octanol–water partition coefficient (Wildman–Crippen LogP) is 3.01. The van der Waals surface area contributed by atoms with Crippen LogP contribution >= 0.6 is 0 Å². The second-order valence-corrected chi connectivity index (χ2v) is 7.60. The van der Waals surface area contributed by atoms with Gasteiger partial charge in [-0.1, -0.05) is 12.1 Å². The molecule has 0 bridgehead atoms. The van der Waals surface area contributed by atoms with Crippen LogP contribution in [0.1, 0.15) is 17.9 Å². The third-order valence-corrected chi connectivity index (χ3v) is 5.72. The minimum Gasteiger partial charge on any atom is -0.369 e. The number of nitrogens with one attached hydrogen (secondary N) is 1. The molecule has 1 saturated carbocycles. The number of amides is 1. The number of carbonyl (C=O) groups is 1. The van der Waals surface area contributed by atoms with E-state index in [1.54, 1.807) is 12.1 Å². The molecule has 6 heteroatoms. The van der Waals surface area contributed by atoms with E-state index >= 15 is 0 Å². The van der Waals surface area contributed by atoms with E-state index in [-0.39, 0.29) is 29.4 Å². The highest BCUT2D eigenvalue weighted by molar-refractivity contribution is 5.82. The number of nitrogens with zero attached hydrogens (tertiary/aromatic N) is 2. The summed E-state index contributed by atoms with van der Waals surface area (Å²) in [6, 6.07) is 13.1. The molecular weight excluding hydrogens is 360 g/mol. The largest absolute Gasteiger partial charge is 0.369 e. The summed E-state index contributed by atoms with van der Waals surface area (Å²) in [5.41, 5.74) is 2.09. The zero-order valence-corrected chi connectivity index (χ0v) is 15.8. The van der Waals surface area contributed by atoms with Gasteiger partial charge < -0.3 is 10.2 Å². The molecule has 2 aliphatic rings. The number of carbonyl (C=O) groups excluding carboxylic acids is 1. The topological polar surface area (TPSA) is 35.6 Å². The number of anilines is 1. The molecule has 2 atom stereocenters. The summed E-state index contributed by atoms with van der Waals surface area (Å²) in [6.45, 7) is 5.12. The molecule has 1 amide bonds. The van der Waals surface area contributed by atoms with Crippen molar-refractivity contribution in [1.29, 1.82) is 0 Å². The third kappa shape index (κ3) is 4.50. The second-order valence-electron chi connectivity index (χ2n) is 7.60. The highest BCUT2D eigenvalue weighted by atomic mass is 19.1. The number of rotatable bonds is 6. The lowest BCUT2D eigenvalue weighted by Gasteiger charge is -2.36. The molecule has 0 radical (unpaired) electrons. The van der Waals surface area contributed by atoms with Gasteiger partial charge in [0.15, 0.2) is 0 Å². The van der Waals surface area contributed by atoms with Crippen LogP contribution in [-0.4, -0.2) is 50.1 Å². The van der Waals surface area contributed by atoms with Crippen LogP contribution in [0, 0.1) is 17.6 Å². The summed E-state index contributed by atoms with van der Waals surface area (Å²) in [6.07, 6.45) is 0.841. The maximum Gasteiger partial charge on any atom is 0.223 e. The average Bonchev–Trinajstić information content (AvgIpc) is 3.51. The number of piperazine rings is 1. The van der Waals surface area contributed by atoms with Crippen LogP contribution in [0.5, 0.6) is 0 Å². The van der Waals surface area contributed by atoms with E-state index in [9.17, 15) is 13.6 Å². The number of hydrogen-bond acceptors (Lipinski definition) is 3. The molecule has 0 aromatic heterocycles. The van der Waals surface area contributed by atoms with Crippen LogP contribution in [0.2, 0.25) is 0 Å². The van der Waals surface area contributed by atoms with Gasteiger partial charge in [-0.15, -0.1) is 0 Å². The molecule has 1 heterocycles. The maximum absolute atomic E-state index is 13.0. The minimum absolute atomic E-state index is 0.0146. The molecule has 4 rings (SSSR count). The summed E-state index contributed by atoms with van der Waals surface area (Å²) in [7, 11) is 0. The number of halogens is 2. The van der Waals surface area contributed by atoms with Gasteiger partial charge in [-0.05, 0) is 54.3 Å². The summed E-state index contributed by atoms with van der Waals surface area (Å²) in [5, 5.41) is 3.04. The highest BCUT2D eigenvalue weighted by Crippen LogP contribution is 2.47. The van der Waals surface area contributed by atoms with Crippen LogP contribution < -0.4 is 10.2 Å². The predicted molar refractivity (Wildman–Crippen MR) is 105 cm³/mol. The van der Waals surface area contributed by atoms with Crippen molar-refractivity contribution in [3.05, 3.63) is 65.7 Å². The molecule has 1 aliphatic carbocycles. The van der Waals surface area contributed by atoms with E-state index < -0.39 is 0 Å². The lowest BCUT2D eigenvalue weighted by Crippen LogP contribution is -2.48. The first kappa shape index (κ1) is 18.9. The average molecular weight is 385 g/mol. The van der Waals surface area contributed by atoms with Crippen molar-refractivity contribution in [3.8, 4) is 0 Å². The molecule has 2 aromatic carbocycles. The van der Waals surface area contributed by atoms with E-state index in [1.165, 1.54) is 24.3 Å². The normalized spacial score (nSPS) is 22.1. The summed E-state index contributed by atoms with van der Waals surface area (Å²) < 4.78 is 26.0. The minimum atomic E-state index is -0.245. The Hall–Kier alpha value is -2.47. The third-order valence-electron chi connectivity index (χ3n) is 5.72. The van der Waals surface area contributed by atoms with Crippen molar-refractivity contribution in [2.45, 2.75) is 12.3 Å². The Bertz CT molecular complexity index is 802. The molecular formula is C22H25F2N3O. The molecule has 1 saturated heterocycles. The molecule has 148 valence electrons. The zero-order chi connectivity index (χ0) is 19.5. The Morgan fingerprint density at radius 3 is 2.18 bits per heavy atom. The van der Waals surface area contributed by atoms with Gasteiger partial charge in [0, 0.05) is 50.9 Å². The lowest BCUT2D eigenvalue weighted by atomic mass is 10.1. The van der Waals surface area contributed by atoms with E-state index in [0.29, 0.717) is 6.54 Å². The molecule has 4 nitrogen and oxygen atoms in total. The van der Waals surface area contributed by atoms with Gasteiger partial charge in [0.05, 0.1) is 0 Å². The quantitative estimate of drug-likeness (QED) is 0.830. The van der Waals surface area contributed by atoms with Gasteiger partial charge >= 0.3 is 0 Å². The van der Waals surface area contributed by atoms with Crippen molar-refractivity contribution in [2.75, 3.05) is 44.2 Å². The number of hydrogen-bond donors (Lipinski definition) is 1. The van der Waals surface area contributed by atoms with E-state index in [4.69, 9.17) is 0 Å². The second kappa shape index (κ2) is 8.27. The molecule has 2 fully saturated rings. The Morgan fingerprint density at radius 1 is 0.929 bits per heavy atom. The van der Waals surface area contributed by atoms with Crippen molar-refractivity contribution >= 4 is 11.6 Å². The molecule has 1 N–H and O–H groups in total. The van der Waals surface area contributed by atoms with E-state index in [2.05, 4.69) is 15.1 Å². The summed E-state index contributed by atoms with van der Waals surface area (Å²) >= 11 is 0. The van der Waals surface area contributed by atoms with Crippen LogP contribution in [0.25, 0.3) is 0 Å². The van der Waals surface area contributed by atoms with Crippen molar-refractivity contribution < 1.29 is 13.6 Å². The lowest BCUT2D eigenvalue weighted by molar-refractivity contribution is -0.122. The standard InChI is InChI=1S/C22H25F2N3O/c23-17-3-1-16(2-4-17)20-15-21(20)22(28)25-9-10-26-11-13-27(14-12-26)19-7-5-18(24)6-8-19/h1-8,20-21H,9-15H2,(H,25,28)/t20-,21-/m1/s1. The fraction of sp³-hybridized carbons (Fsp3) is 0.409. The van der Waals surface area contributed by atoms with Crippen LogP contribution in [0.15, 0.2) is 48.5 Å². The SMILES string of the molecule is O=C(NCCN1CCN(c2ccc(F)cc2)CC1)[C@@H]1C[C@@H]1c1ccc(F)cc1. The molecule has 1 aliphatic heterocycles. The van der Waals surface area contributed by atoms with Crippen LogP contribution in [0.3, 0.4) is 0 Å². The number of benzene rings is 2. The Morgan fingerprint density at radius 2 is 1.54 bits per heavy atom. The van der Waals surface area contributed by atoms with Gasteiger partial charge in [-0.2, -0.15) is 0 Å². The fourth-order valence-corrected chi connectivity index (χ4v) is 3.91. The summed E-state index contributed by atoms with van der Waals surface area (Å²) in [4.78, 5) is 16.9. The molecule has 28 heavy (non-hydrogen) atoms. The first-order valence-corrected chi connectivity index (χ1v) is 9.86. The Balaban J connectivity index is 1.16. The Labute approximate surface area is 164 Å².